The lowest BCUT2D eigenvalue weighted by Crippen LogP contribution is -1.62. The van der Waals surface area contributed by atoms with E-state index in [4.69, 9.17) is 28.3 Å². The zero-order valence-corrected chi connectivity index (χ0v) is 5.41. The molecule has 0 unspecified atom stereocenters. The fourth-order valence-corrected chi connectivity index (χ4v) is 0. The first-order valence-corrected chi connectivity index (χ1v) is 2.74. The van der Waals surface area contributed by atoms with Gasteiger partial charge in [0.25, 0.3) is 0 Å². The molecule has 0 bridgehead atoms. The molecule has 0 fully saturated rings. The maximum absolute atomic E-state index is 7.76. The maximum atomic E-state index is 7.76. The van der Waals surface area contributed by atoms with Gasteiger partial charge in [0.2, 0.25) is 0 Å². The van der Waals surface area contributed by atoms with Gasteiger partial charge >= 0.3 is 0 Å². The molecule has 0 saturated carbocycles. The van der Waals surface area contributed by atoms with Crippen LogP contribution in [0, 0.1) is 0 Å². The molecular weight excluding hydrogens is 135 g/mol. The first-order chi connectivity index (χ1) is 3.33. The van der Waals surface area contributed by atoms with Crippen LogP contribution in [0.3, 0.4) is 0 Å². The molecule has 0 heterocycles. The van der Waals surface area contributed by atoms with Crippen molar-refractivity contribution in [1.82, 2.24) is 0 Å². The summed E-state index contributed by atoms with van der Waals surface area (Å²) in [5.74, 6) is 0. The first kappa shape index (κ1) is 10.3. The van der Waals surface area contributed by atoms with E-state index in [1.165, 1.54) is 6.08 Å². The standard InChI is InChI=1S/C3H6O.CH2Cl2/c1-2-3-4;2-1-3/h2,4H,1,3H2;1H2. The highest BCUT2D eigenvalue weighted by atomic mass is 35.5. The highest BCUT2D eigenvalue weighted by Crippen LogP contribution is 1.73. The van der Waals surface area contributed by atoms with E-state index >= 15 is 0 Å². The van der Waals surface area contributed by atoms with E-state index < -0.39 is 0 Å². The Labute approximate surface area is 53.6 Å². The van der Waals surface area contributed by atoms with Crippen molar-refractivity contribution in [3.63, 3.8) is 0 Å². The van der Waals surface area contributed by atoms with Crippen molar-refractivity contribution >= 4 is 23.2 Å². The monoisotopic (exact) mass is 142 g/mol. The van der Waals surface area contributed by atoms with E-state index in [1.54, 1.807) is 0 Å². The first-order valence-electron chi connectivity index (χ1n) is 1.67. The van der Waals surface area contributed by atoms with Crippen LogP contribution < -0.4 is 0 Å². The van der Waals surface area contributed by atoms with Gasteiger partial charge in [0.05, 0.1) is 11.9 Å². The molecule has 3 heteroatoms. The average molecular weight is 143 g/mol. The Morgan fingerprint density at radius 3 is 1.71 bits per heavy atom. The van der Waals surface area contributed by atoms with Crippen molar-refractivity contribution in [3.05, 3.63) is 12.7 Å². The number of alkyl halides is 2. The third kappa shape index (κ3) is 70.2. The molecule has 0 spiro atoms. The average Bonchev–Trinajstić information content (AvgIpc) is 1.69. The second-order valence-electron chi connectivity index (χ2n) is 0.572. The second kappa shape index (κ2) is 16.3. The van der Waals surface area contributed by atoms with E-state index in [0.717, 1.165) is 0 Å². The summed E-state index contributed by atoms with van der Waals surface area (Å²) >= 11 is 9.53. The van der Waals surface area contributed by atoms with E-state index in [9.17, 15) is 0 Å². The lowest BCUT2D eigenvalue weighted by atomic mass is 10.7. The lowest BCUT2D eigenvalue weighted by Gasteiger charge is -1.60. The number of aliphatic hydroxyl groups excluding tert-OH is 1. The van der Waals surface area contributed by atoms with Crippen LogP contribution in [-0.2, 0) is 0 Å². The maximum Gasteiger partial charge on any atom is 0.0967 e. The van der Waals surface area contributed by atoms with Crippen LogP contribution in [0.5, 0.6) is 0 Å². The number of rotatable bonds is 1. The van der Waals surface area contributed by atoms with Crippen LogP contribution in [0.4, 0.5) is 0 Å². The van der Waals surface area contributed by atoms with E-state index in [2.05, 4.69) is 6.58 Å². The van der Waals surface area contributed by atoms with Gasteiger partial charge in [-0.3, -0.25) is 0 Å². The fourth-order valence-electron chi connectivity index (χ4n) is 0. The van der Waals surface area contributed by atoms with E-state index in [1.807, 2.05) is 0 Å². The van der Waals surface area contributed by atoms with Crippen LogP contribution in [0.2, 0.25) is 0 Å². The minimum atomic E-state index is 0.0833. The van der Waals surface area contributed by atoms with Crippen LogP contribution in [0.15, 0.2) is 12.7 Å². The summed E-state index contributed by atoms with van der Waals surface area (Å²) in [5, 5.41) is 7.95. The number of hydrogen-bond donors (Lipinski definition) is 1. The molecule has 0 atom stereocenters. The van der Waals surface area contributed by atoms with Gasteiger partial charge in [0.1, 0.15) is 0 Å². The molecule has 0 aliphatic heterocycles. The molecule has 1 N–H and O–H groups in total. The minimum Gasteiger partial charge on any atom is -0.392 e. The van der Waals surface area contributed by atoms with Gasteiger partial charge in [-0.15, -0.1) is 29.8 Å². The molecule has 0 rings (SSSR count). The molecule has 0 aromatic rings. The summed E-state index contributed by atoms with van der Waals surface area (Å²) in [5.41, 5.74) is 0. The molecule has 0 saturated heterocycles. The molecule has 0 aromatic carbocycles. The largest absolute Gasteiger partial charge is 0.392 e. The molecular formula is C4H8Cl2O. The Bertz CT molecular complexity index is 30.9. The Balaban J connectivity index is 0. The molecule has 0 radical (unpaired) electrons. The smallest absolute Gasteiger partial charge is 0.0967 e. The Morgan fingerprint density at radius 1 is 1.57 bits per heavy atom. The van der Waals surface area contributed by atoms with Gasteiger partial charge in [-0.2, -0.15) is 0 Å². The van der Waals surface area contributed by atoms with Crippen molar-refractivity contribution in [3.8, 4) is 0 Å². The molecule has 0 amide bonds. The predicted molar refractivity (Wildman–Crippen MR) is 33.9 cm³/mol. The van der Waals surface area contributed by atoms with Crippen molar-refractivity contribution in [2.75, 3.05) is 11.9 Å². The topological polar surface area (TPSA) is 20.2 Å². The summed E-state index contributed by atoms with van der Waals surface area (Å²) in [6.45, 7) is 3.31. The van der Waals surface area contributed by atoms with Gasteiger partial charge < -0.3 is 5.11 Å². The quantitative estimate of drug-likeness (QED) is 0.436. The van der Waals surface area contributed by atoms with Crippen molar-refractivity contribution in [1.29, 1.82) is 0 Å². The summed E-state index contributed by atoms with van der Waals surface area (Å²) in [6.07, 6.45) is 1.43. The Kier molecular flexibility index (Phi) is 23.9. The van der Waals surface area contributed by atoms with E-state index in [-0.39, 0.29) is 11.9 Å². The molecule has 44 valence electrons. The zero-order valence-electron chi connectivity index (χ0n) is 3.90. The van der Waals surface area contributed by atoms with Gasteiger partial charge in [-0.1, -0.05) is 6.08 Å². The molecule has 1 nitrogen and oxygen atoms in total. The van der Waals surface area contributed by atoms with Crippen LogP contribution >= 0.6 is 23.2 Å². The highest BCUT2D eigenvalue weighted by Gasteiger charge is 1.45. The molecule has 7 heavy (non-hydrogen) atoms. The summed E-state index contributed by atoms with van der Waals surface area (Å²) < 4.78 is 0. The van der Waals surface area contributed by atoms with Crippen molar-refractivity contribution in [2.45, 2.75) is 0 Å². The van der Waals surface area contributed by atoms with Gasteiger partial charge in [-0.05, 0) is 0 Å². The Morgan fingerprint density at radius 2 is 1.71 bits per heavy atom. The van der Waals surface area contributed by atoms with E-state index in [0.29, 0.717) is 0 Å². The molecule has 0 aliphatic rings. The molecule has 0 aromatic heterocycles. The van der Waals surface area contributed by atoms with Crippen LogP contribution in [-0.4, -0.2) is 17.1 Å². The number of halogens is 2. The van der Waals surface area contributed by atoms with Crippen LogP contribution in [0.25, 0.3) is 0 Å². The zero-order chi connectivity index (χ0) is 6.12. The number of hydrogen-bond acceptors (Lipinski definition) is 1. The van der Waals surface area contributed by atoms with Crippen LogP contribution in [0.1, 0.15) is 0 Å². The van der Waals surface area contributed by atoms with Gasteiger partial charge in [0.15, 0.2) is 0 Å². The fraction of sp³-hybridized carbons (Fsp3) is 0.500. The van der Waals surface area contributed by atoms with Gasteiger partial charge in [-0.25, -0.2) is 0 Å². The van der Waals surface area contributed by atoms with Gasteiger partial charge in [0, 0.05) is 0 Å². The third-order valence-electron chi connectivity index (χ3n) is 0.129. The summed E-state index contributed by atoms with van der Waals surface area (Å²) in [4.78, 5) is 0. The minimum absolute atomic E-state index is 0.0833. The SMILES string of the molecule is C=CCO.ClCCl. The lowest BCUT2D eigenvalue weighted by molar-refractivity contribution is 0.343. The summed E-state index contributed by atoms with van der Waals surface area (Å²) in [6, 6.07) is 0. The van der Waals surface area contributed by atoms with Crippen molar-refractivity contribution in [2.24, 2.45) is 0 Å². The Hall–Kier alpha value is 0.280. The number of aliphatic hydroxyl groups is 1. The normalized spacial score (nSPS) is 6.14. The summed E-state index contributed by atoms with van der Waals surface area (Å²) in [7, 11) is 0. The predicted octanol–water partition coefficient (Wildman–Crippen LogP) is 1.59. The highest BCUT2D eigenvalue weighted by molar-refractivity contribution is 6.40. The molecule has 0 aliphatic carbocycles. The van der Waals surface area contributed by atoms with Crippen molar-refractivity contribution < 1.29 is 5.11 Å². The third-order valence-corrected chi connectivity index (χ3v) is 0.129. The second-order valence-corrected chi connectivity index (χ2v) is 1.38.